The number of aromatic nitrogens is 7. The van der Waals surface area contributed by atoms with Gasteiger partial charge in [0.05, 0.1) is 18.3 Å². The second kappa shape index (κ2) is 6.25. The molecule has 0 spiro atoms. The number of hydrogen-bond donors (Lipinski definition) is 1. The highest BCUT2D eigenvalue weighted by molar-refractivity contribution is 5.30. The van der Waals surface area contributed by atoms with Gasteiger partial charge in [-0.3, -0.25) is 10.00 Å². The monoisotopic (exact) mass is 310 g/mol. The van der Waals surface area contributed by atoms with Gasteiger partial charge in [-0.2, -0.15) is 9.78 Å². The third-order valence-electron chi connectivity index (χ3n) is 4.24. The summed E-state index contributed by atoms with van der Waals surface area (Å²) >= 11 is 0. The van der Waals surface area contributed by atoms with Crippen LogP contribution in [0, 0.1) is 0 Å². The van der Waals surface area contributed by atoms with Crippen molar-refractivity contribution >= 4 is 0 Å². The third kappa shape index (κ3) is 2.85. The minimum atomic E-state index is 0.243. The molecule has 0 amide bonds. The van der Waals surface area contributed by atoms with Crippen molar-refractivity contribution in [1.82, 2.24) is 40.3 Å². The smallest absolute Gasteiger partial charge is 0.170 e. The van der Waals surface area contributed by atoms with Crippen molar-refractivity contribution in [3.8, 4) is 5.69 Å². The summed E-state index contributed by atoms with van der Waals surface area (Å²) in [5, 5.41) is 19.2. The first-order chi connectivity index (χ1) is 11.4. The van der Waals surface area contributed by atoms with E-state index in [0.29, 0.717) is 6.54 Å². The van der Waals surface area contributed by atoms with Gasteiger partial charge in [0, 0.05) is 0 Å². The predicted octanol–water partition coefficient (Wildman–Crippen LogP) is 1.51. The standard InChI is InChI=1S/C15H18N8/c1-2-6-12(7-3-1)23-14(18-20-21-23)10-22-9-5-4-8-13(22)15-16-11-17-19-15/h1-3,6-7,11,13H,4-5,8-10H2,(H,16,17,19)/t13-/m1/s1. The number of hydrogen-bond acceptors (Lipinski definition) is 6. The van der Waals surface area contributed by atoms with Crippen LogP contribution >= 0.6 is 0 Å². The summed E-state index contributed by atoms with van der Waals surface area (Å²) in [6.07, 6.45) is 5.02. The summed E-state index contributed by atoms with van der Waals surface area (Å²) in [5.41, 5.74) is 0.973. The van der Waals surface area contributed by atoms with E-state index in [9.17, 15) is 0 Å². The molecule has 1 atom stereocenters. The van der Waals surface area contributed by atoms with E-state index in [1.165, 1.54) is 12.8 Å². The average molecular weight is 310 g/mol. The van der Waals surface area contributed by atoms with Gasteiger partial charge in [0.25, 0.3) is 0 Å². The number of nitrogens with zero attached hydrogens (tertiary/aromatic N) is 7. The molecule has 3 aromatic rings. The normalized spacial score (nSPS) is 19.0. The Kier molecular flexibility index (Phi) is 3.81. The summed E-state index contributed by atoms with van der Waals surface area (Å²) in [6.45, 7) is 1.69. The van der Waals surface area contributed by atoms with Gasteiger partial charge < -0.3 is 0 Å². The summed E-state index contributed by atoms with van der Waals surface area (Å²) in [4.78, 5) is 6.70. The average Bonchev–Trinajstić information content (AvgIpc) is 3.28. The van der Waals surface area contributed by atoms with Gasteiger partial charge in [0.15, 0.2) is 5.82 Å². The zero-order valence-corrected chi connectivity index (χ0v) is 12.7. The number of benzene rings is 1. The quantitative estimate of drug-likeness (QED) is 0.786. The number of rotatable bonds is 4. The van der Waals surface area contributed by atoms with E-state index < -0.39 is 0 Å². The fourth-order valence-electron chi connectivity index (χ4n) is 3.12. The molecule has 8 heteroatoms. The Labute approximate surface area is 133 Å². The van der Waals surface area contributed by atoms with Crippen molar-refractivity contribution in [3.05, 3.63) is 48.3 Å². The Hall–Kier alpha value is -2.61. The van der Waals surface area contributed by atoms with Gasteiger partial charge in [0.2, 0.25) is 0 Å². The van der Waals surface area contributed by atoms with E-state index in [2.05, 4.69) is 35.6 Å². The molecule has 0 aliphatic carbocycles. The van der Waals surface area contributed by atoms with Crippen molar-refractivity contribution < 1.29 is 0 Å². The van der Waals surface area contributed by atoms with Crippen LogP contribution in [0.5, 0.6) is 0 Å². The van der Waals surface area contributed by atoms with Crippen LogP contribution in [0.2, 0.25) is 0 Å². The number of piperidine rings is 1. The van der Waals surface area contributed by atoms with Crippen LogP contribution in [-0.2, 0) is 6.54 Å². The molecule has 2 aromatic heterocycles. The molecular weight excluding hydrogens is 292 g/mol. The fraction of sp³-hybridized carbons (Fsp3) is 0.400. The van der Waals surface area contributed by atoms with Gasteiger partial charge in [-0.15, -0.1) is 5.10 Å². The molecule has 0 saturated carbocycles. The highest BCUT2D eigenvalue weighted by atomic mass is 15.5. The van der Waals surface area contributed by atoms with Gasteiger partial charge in [0.1, 0.15) is 12.2 Å². The molecule has 118 valence electrons. The zero-order valence-electron chi connectivity index (χ0n) is 12.7. The Balaban J connectivity index is 1.59. The topological polar surface area (TPSA) is 88.4 Å². The molecule has 1 fully saturated rings. The predicted molar refractivity (Wildman–Crippen MR) is 82.5 cm³/mol. The minimum absolute atomic E-state index is 0.243. The molecule has 4 rings (SSSR count). The van der Waals surface area contributed by atoms with Crippen molar-refractivity contribution in [3.63, 3.8) is 0 Å². The van der Waals surface area contributed by atoms with Crippen LogP contribution in [0.25, 0.3) is 5.69 Å². The van der Waals surface area contributed by atoms with Crippen molar-refractivity contribution in [1.29, 1.82) is 0 Å². The first-order valence-corrected chi connectivity index (χ1v) is 7.84. The van der Waals surface area contributed by atoms with Crippen LogP contribution in [0.15, 0.2) is 36.7 Å². The second-order valence-corrected chi connectivity index (χ2v) is 5.70. The summed E-state index contributed by atoms with van der Waals surface area (Å²) in [6, 6.07) is 10.2. The van der Waals surface area contributed by atoms with Crippen LogP contribution in [0.4, 0.5) is 0 Å². The van der Waals surface area contributed by atoms with E-state index in [0.717, 1.165) is 30.3 Å². The van der Waals surface area contributed by atoms with E-state index in [1.807, 2.05) is 30.3 Å². The number of para-hydroxylation sites is 1. The number of tetrazole rings is 1. The van der Waals surface area contributed by atoms with Crippen molar-refractivity contribution in [2.75, 3.05) is 6.54 Å². The highest BCUT2D eigenvalue weighted by Gasteiger charge is 2.27. The molecule has 1 N–H and O–H groups in total. The van der Waals surface area contributed by atoms with Crippen LogP contribution in [-0.4, -0.2) is 46.8 Å². The maximum atomic E-state index is 4.33. The van der Waals surface area contributed by atoms with Gasteiger partial charge in [-0.1, -0.05) is 24.6 Å². The summed E-state index contributed by atoms with van der Waals surface area (Å²) in [7, 11) is 0. The second-order valence-electron chi connectivity index (χ2n) is 5.70. The molecule has 8 nitrogen and oxygen atoms in total. The Morgan fingerprint density at radius 2 is 2.09 bits per heavy atom. The SMILES string of the molecule is c1ccc(-n2nnnc2CN2CCCC[C@@H]2c2ncn[nH]2)cc1. The molecule has 1 saturated heterocycles. The van der Waals surface area contributed by atoms with Gasteiger partial charge >= 0.3 is 0 Å². The van der Waals surface area contributed by atoms with E-state index in [-0.39, 0.29) is 6.04 Å². The van der Waals surface area contributed by atoms with Crippen LogP contribution < -0.4 is 0 Å². The Morgan fingerprint density at radius 3 is 2.91 bits per heavy atom. The van der Waals surface area contributed by atoms with E-state index in [1.54, 1.807) is 11.0 Å². The van der Waals surface area contributed by atoms with Gasteiger partial charge in [-0.25, -0.2) is 4.98 Å². The third-order valence-corrected chi connectivity index (χ3v) is 4.24. The molecule has 23 heavy (non-hydrogen) atoms. The summed E-state index contributed by atoms with van der Waals surface area (Å²) in [5.74, 6) is 1.76. The number of likely N-dealkylation sites (tertiary alicyclic amines) is 1. The maximum Gasteiger partial charge on any atom is 0.170 e. The zero-order chi connectivity index (χ0) is 15.5. The number of nitrogens with one attached hydrogen (secondary N) is 1. The molecule has 0 bridgehead atoms. The van der Waals surface area contributed by atoms with Crippen LogP contribution in [0.1, 0.15) is 37.0 Å². The molecule has 1 aliphatic heterocycles. The Morgan fingerprint density at radius 1 is 1.17 bits per heavy atom. The van der Waals surface area contributed by atoms with Crippen molar-refractivity contribution in [2.45, 2.75) is 31.8 Å². The molecule has 1 aromatic carbocycles. The lowest BCUT2D eigenvalue weighted by molar-refractivity contribution is 0.129. The summed E-state index contributed by atoms with van der Waals surface area (Å²) < 4.78 is 1.80. The Bertz CT molecular complexity index is 736. The fourth-order valence-corrected chi connectivity index (χ4v) is 3.12. The minimum Gasteiger partial charge on any atom is -0.286 e. The largest absolute Gasteiger partial charge is 0.286 e. The van der Waals surface area contributed by atoms with Gasteiger partial charge in [-0.05, 0) is 41.9 Å². The first-order valence-electron chi connectivity index (χ1n) is 7.84. The molecule has 1 aliphatic rings. The molecular formula is C15H18N8. The first kappa shape index (κ1) is 14.0. The number of H-pyrrole nitrogens is 1. The molecule has 0 unspecified atom stereocenters. The van der Waals surface area contributed by atoms with E-state index >= 15 is 0 Å². The molecule has 0 radical (unpaired) electrons. The van der Waals surface area contributed by atoms with Crippen molar-refractivity contribution in [2.24, 2.45) is 0 Å². The maximum absolute atomic E-state index is 4.33. The lowest BCUT2D eigenvalue weighted by Gasteiger charge is -2.33. The highest BCUT2D eigenvalue weighted by Crippen LogP contribution is 2.29. The van der Waals surface area contributed by atoms with Crippen LogP contribution in [0.3, 0.4) is 0 Å². The number of aromatic amines is 1. The lowest BCUT2D eigenvalue weighted by Crippen LogP contribution is -2.34. The molecule has 3 heterocycles. The lowest BCUT2D eigenvalue weighted by atomic mass is 10.0. The van der Waals surface area contributed by atoms with E-state index in [4.69, 9.17) is 0 Å².